The molecule has 1 N–H and O–H groups in total. The Bertz CT molecular complexity index is 1000. The van der Waals surface area contributed by atoms with Crippen molar-refractivity contribution in [3.63, 3.8) is 0 Å². The van der Waals surface area contributed by atoms with Gasteiger partial charge in [0.1, 0.15) is 0 Å². The number of nitrogens with zero attached hydrogens (tertiary/aromatic N) is 2. The van der Waals surface area contributed by atoms with Crippen LogP contribution in [-0.4, -0.2) is 12.1 Å². The maximum absolute atomic E-state index is 12.8. The van der Waals surface area contributed by atoms with Crippen molar-refractivity contribution in [2.24, 2.45) is 5.10 Å². The number of rotatable bonds is 3. The topological polar surface area (TPSA) is 65.2 Å². The minimum absolute atomic E-state index is 0.160. The fourth-order valence-electron chi connectivity index (χ4n) is 3.32. The zero-order valence-electron chi connectivity index (χ0n) is 13.9. The fraction of sp³-hybridized carbons (Fsp3) is 0.0455. The van der Waals surface area contributed by atoms with Gasteiger partial charge < -0.3 is 0 Å². The molecule has 0 atom stereocenters. The number of carbonyl (C=O) groups excluding carboxylic acids is 1. The summed E-state index contributed by atoms with van der Waals surface area (Å²) in [7, 11) is 0. The van der Waals surface area contributed by atoms with Crippen LogP contribution in [0.1, 0.15) is 28.2 Å². The molecule has 0 fully saturated rings. The fourth-order valence-corrected chi connectivity index (χ4v) is 3.32. The minimum Gasteiger partial charge on any atom is -0.272 e. The molecule has 124 valence electrons. The molecule has 0 spiro atoms. The number of benzene rings is 3. The molecule has 0 saturated heterocycles. The number of carbonyl (C=O) groups is 1. The van der Waals surface area contributed by atoms with Crippen molar-refractivity contribution in [2.75, 3.05) is 0 Å². The lowest BCUT2D eigenvalue weighted by atomic mass is 9.96. The van der Waals surface area contributed by atoms with Crippen molar-refractivity contribution in [1.29, 1.82) is 5.26 Å². The SMILES string of the molecule is N#Cc1ccc(C=NNC(=O)C2c3ccccc3-c3ccccc32)cc1. The van der Waals surface area contributed by atoms with Crippen LogP contribution in [0.2, 0.25) is 0 Å². The number of amides is 1. The zero-order valence-corrected chi connectivity index (χ0v) is 13.9. The molecule has 0 heterocycles. The molecular weight excluding hydrogens is 322 g/mol. The summed E-state index contributed by atoms with van der Waals surface area (Å²) in [4.78, 5) is 12.8. The van der Waals surface area contributed by atoms with Crippen molar-refractivity contribution in [2.45, 2.75) is 5.92 Å². The third-order valence-electron chi connectivity index (χ3n) is 4.52. The standard InChI is InChI=1S/C22H15N3O/c23-13-15-9-11-16(12-10-15)14-24-25-22(26)21-19-7-3-1-5-17(19)18-6-2-4-8-20(18)21/h1-12,14,21H,(H,25,26). The molecule has 4 nitrogen and oxygen atoms in total. The van der Waals surface area contributed by atoms with Gasteiger partial charge in [-0.25, -0.2) is 5.43 Å². The summed E-state index contributed by atoms with van der Waals surface area (Å²) in [6.07, 6.45) is 1.58. The second-order valence-electron chi connectivity index (χ2n) is 6.08. The van der Waals surface area contributed by atoms with Crippen LogP contribution in [0.15, 0.2) is 77.9 Å². The van der Waals surface area contributed by atoms with Gasteiger partial charge >= 0.3 is 0 Å². The zero-order chi connectivity index (χ0) is 17.9. The summed E-state index contributed by atoms with van der Waals surface area (Å²) in [5.74, 6) is -0.521. The van der Waals surface area contributed by atoms with E-state index in [9.17, 15) is 4.79 Å². The minimum atomic E-state index is -0.361. The Morgan fingerprint density at radius 1 is 0.923 bits per heavy atom. The van der Waals surface area contributed by atoms with E-state index < -0.39 is 0 Å². The van der Waals surface area contributed by atoms with E-state index in [4.69, 9.17) is 5.26 Å². The molecule has 26 heavy (non-hydrogen) atoms. The van der Waals surface area contributed by atoms with Gasteiger partial charge in [-0.1, -0.05) is 60.7 Å². The maximum Gasteiger partial charge on any atom is 0.252 e. The normalized spacial score (nSPS) is 12.4. The molecule has 0 saturated carbocycles. The second kappa shape index (κ2) is 6.66. The first-order chi connectivity index (χ1) is 12.8. The van der Waals surface area contributed by atoms with E-state index >= 15 is 0 Å². The maximum atomic E-state index is 12.8. The van der Waals surface area contributed by atoms with Crippen LogP contribution < -0.4 is 5.43 Å². The van der Waals surface area contributed by atoms with Crippen molar-refractivity contribution in [1.82, 2.24) is 5.43 Å². The molecule has 4 heteroatoms. The average Bonchev–Trinajstić information content (AvgIpc) is 3.03. The van der Waals surface area contributed by atoms with Crippen molar-refractivity contribution in [3.05, 3.63) is 95.1 Å². The lowest BCUT2D eigenvalue weighted by Gasteiger charge is -2.11. The number of hydrogen-bond acceptors (Lipinski definition) is 3. The van der Waals surface area contributed by atoms with Gasteiger partial charge in [0.2, 0.25) is 0 Å². The summed E-state index contributed by atoms with van der Waals surface area (Å²) in [6, 6.07) is 25.0. The van der Waals surface area contributed by atoms with Crippen molar-refractivity contribution in [3.8, 4) is 17.2 Å². The van der Waals surface area contributed by atoms with E-state index in [-0.39, 0.29) is 11.8 Å². The van der Waals surface area contributed by atoms with E-state index in [0.29, 0.717) is 5.56 Å². The number of hydrazone groups is 1. The van der Waals surface area contributed by atoms with E-state index in [0.717, 1.165) is 27.8 Å². The van der Waals surface area contributed by atoms with Gasteiger partial charge in [-0.05, 0) is 39.9 Å². The predicted octanol–water partition coefficient (Wildman–Crippen LogP) is 3.82. The van der Waals surface area contributed by atoms with Crippen LogP contribution in [0.4, 0.5) is 0 Å². The highest BCUT2D eigenvalue weighted by molar-refractivity contribution is 5.96. The van der Waals surface area contributed by atoms with Crippen LogP contribution in [0.5, 0.6) is 0 Å². The number of hydrogen-bond donors (Lipinski definition) is 1. The van der Waals surface area contributed by atoms with Crippen LogP contribution in [0.3, 0.4) is 0 Å². The summed E-state index contributed by atoms with van der Waals surface area (Å²) in [5, 5.41) is 12.9. The Kier molecular flexibility index (Phi) is 4.04. The molecule has 1 amide bonds. The molecule has 0 aliphatic heterocycles. The molecule has 0 unspecified atom stereocenters. The largest absolute Gasteiger partial charge is 0.272 e. The summed E-state index contributed by atoms with van der Waals surface area (Å²) >= 11 is 0. The monoisotopic (exact) mass is 337 g/mol. The van der Waals surface area contributed by atoms with Gasteiger partial charge in [0, 0.05) is 0 Å². The molecule has 3 aromatic carbocycles. The van der Waals surface area contributed by atoms with E-state index in [1.807, 2.05) is 48.5 Å². The lowest BCUT2D eigenvalue weighted by Crippen LogP contribution is -2.25. The Balaban J connectivity index is 1.56. The summed E-state index contributed by atoms with van der Waals surface area (Å²) < 4.78 is 0. The van der Waals surface area contributed by atoms with Crippen LogP contribution in [-0.2, 0) is 4.79 Å². The Labute approximate surface area is 151 Å². The summed E-state index contributed by atoms with van der Waals surface area (Å²) in [5.41, 5.74) is 8.25. The van der Waals surface area contributed by atoms with Crippen molar-refractivity contribution >= 4 is 12.1 Å². The first-order valence-corrected chi connectivity index (χ1v) is 8.29. The van der Waals surface area contributed by atoms with Gasteiger partial charge in [-0.15, -0.1) is 0 Å². The van der Waals surface area contributed by atoms with Crippen molar-refractivity contribution < 1.29 is 4.79 Å². The first-order valence-electron chi connectivity index (χ1n) is 8.29. The molecule has 0 bridgehead atoms. The van der Waals surface area contributed by atoms with E-state index in [1.165, 1.54) is 0 Å². The Morgan fingerprint density at radius 2 is 1.50 bits per heavy atom. The van der Waals surface area contributed by atoms with Crippen LogP contribution in [0, 0.1) is 11.3 Å². The van der Waals surface area contributed by atoms with E-state index in [1.54, 1.807) is 30.5 Å². The lowest BCUT2D eigenvalue weighted by molar-refractivity contribution is -0.121. The first kappa shape index (κ1) is 15.8. The third kappa shape index (κ3) is 2.76. The van der Waals surface area contributed by atoms with Crippen LogP contribution >= 0.6 is 0 Å². The Morgan fingerprint density at radius 3 is 2.08 bits per heavy atom. The van der Waals surface area contributed by atoms with Gasteiger partial charge in [0.05, 0.1) is 23.8 Å². The van der Waals surface area contributed by atoms with Gasteiger partial charge in [-0.3, -0.25) is 4.79 Å². The van der Waals surface area contributed by atoms with Gasteiger partial charge in [0.25, 0.3) is 5.91 Å². The molecule has 3 aromatic rings. The number of fused-ring (bicyclic) bond motifs is 3. The van der Waals surface area contributed by atoms with E-state index in [2.05, 4.69) is 16.6 Å². The number of nitriles is 1. The molecule has 0 aromatic heterocycles. The van der Waals surface area contributed by atoms with Gasteiger partial charge in [-0.2, -0.15) is 10.4 Å². The predicted molar refractivity (Wildman–Crippen MR) is 101 cm³/mol. The second-order valence-corrected chi connectivity index (χ2v) is 6.08. The molecule has 4 rings (SSSR count). The summed E-state index contributed by atoms with van der Waals surface area (Å²) in [6.45, 7) is 0. The molecule has 0 radical (unpaired) electrons. The highest BCUT2D eigenvalue weighted by Crippen LogP contribution is 2.44. The highest BCUT2D eigenvalue weighted by atomic mass is 16.2. The highest BCUT2D eigenvalue weighted by Gasteiger charge is 2.33. The average molecular weight is 337 g/mol. The van der Waals surface area contributed by atoms with Gasteiger partial charge in [0.15, 0.2) is 0 Å². The number of nitrogens with one attached hydrogen (secondary N) is 1. The third-order valence-corrected chi connectivity index (χ3v) is 4.52. The molecular formula is C22H15N3O. The Hall–Kier alpha value is -3.71. The van der Waals surface area contributed by atoms with Crippen LogP contribution in [0.25, 0.3) is 11.1 Å². The smallest absolute Gasteiger partial charge is 0.252 e. The molecule has 1 aliphatic carbocycles. The molecule has 1 aliphatic rings. The quantitative estimate of drug-likeness (QED) is 0.583.